The van der Waals surface area contributed by atoms with Crippen LogP contribution in [0.3, 0.4) is 0 Å². The first kappa shape index (κ1) is 15.8. The van der Waals surface area contributed by atoms with Gasteiger partial charge >= 0.3 is 5.76 Å². The van der Waals surface area contributed by atoms with Crippen molar-refractivity contribution in [3.63, 3.8) is 0 Å². The average Bonchev–Trinajstić information content (AvgIpc) is 2.82. The van der Waals surface area contributed by atoms with Gasteiger partial charge in [0.2, 0.25) is 5.91 Å². The number of carbonyl (C=O) groups excluding carboxylic acids is 1. The van der Waals surface area contributed by atoms with Crippen LogP contribution in [0.1, 0.15) is 6.42 Å². The van der Waals surface area contributed by atoms with Crippen LogP contribution in [-0.2, 0) is 11.3 Å². The third kappa shape index (κ3) is 3.65. The molecule has 0 radical (unpaired) electrons. The predicted molar refractivity (Wildman–Crippen MR) is 92.9 cm³/mol. The molecule has 0 aliphatic rings. The lowest BCUT2D eigenvalue weighted by molar-refractivity contribution is -0.116. The molecule has 1 N–H and O–H groups in total. The van der Waals surface area contributed by atoms with E-state index in [2.05, 4.69) is 21.2 Å². The van der Waals surface area contributed by atoms with Crippen LogP contribution in [-0.4, -0.2) is 10.5 Å². The second kappa shape index (κ2) is 6.60. The lowest BCUT2D eigenvalue weighted by Gasteiger charge is -2.06. The van der Waals surface area contributed by atoms with E-state index >= 15 is 0 Å². The van der Waals surface area contributed by atoms with Gasteiger partial charge in [0.25, 0.3) is 0 Å². The minimum absolute atomic E-state index is 0.160. The number of aromatic nitrogens is 1. The van der Waals surface area contributed by atoms with Gasteiger partial charge < -0.3 is 9.73 Å². The fourth-order valence-electron chi connectivity index (χ4n) is 2.22. The van der Waals surface area contributed by atoms with E-state index in [9.17, 15) is 9.59 Å². The van der Waals surface area contributed by atoms with Crippen molar-refractivity contribution in [1.29, 1.82) is 0 Å². The third-order valence-electron chi connectivity index (χ3n) is 3.32. The van der Waals surface area contributed by atoms with E-state index in [4.69, 9.17) is 16.0 Å². The van der Waals surface area contributed by atoms with Gasteiger partial charge in [-0.15, -0.1) is 0 Å². The number of rotatable bonds is 4. The van der Waals surface area contributed by atoms with Crippen molar-refractivity contribution in [3.05, 3.63) is 62.5 Å². The minimum Gasteiger partial charge on any atom is -0.408 e. The van der Waals surface area contributed by atoms with Gasteiger partial charge in [0.1, 0.15) is 0 Å². The van der Waals surface area contributed by atoms with Crippen LogP contribution in [0.25, 0.3) is 11.1 Å². The molecule has 2 aromatic carbocycles. The van der Waals surface area contributed by atoms with Gasteiger partial charge in [0.05, 0.1) is 5.52 Å². The first-order valence-corrected chi connectivity index (χ1v) is 8.04. The summed E-state index contributed by atoms with van der Waals surface area (Å²) in [6.45, 7) is 0.232. The number of halogens is 2. The Kier molecular flexibility index (Phi) is 4.54. The molecule has 0 aliphatic heterocycles. The zero-order chi connectivity index (χ0) is 16.4. The summed E-state index contributed by atoms with van der Waals surface area (Å²) in [4.78, 5) is 23.9. The normalized spacial score (nSPS) is 10.9. The van der Waals surface area contributed by atoms with E-state index in [-0.39, 0.29) is 18.9 Å². The maximum Gasteiger partial charge on any atom is 0.419 e. The van der Waals surface area contributed by atoms with Gasteiger partial charge in [-0.3, -0.25) is 9.36 Å². The van der Waals surface area contributed by atoms with Gasteiger partial charge in [-0.1, -0.05) is 27.5 Å². The standard InChI is InChI=1S/C16H12BrClN2O3/c17-10-1-4-12(5-2-10)19-15(21)7-8-20-13-6-3-11(18)9-14(13)23-16(20)22/h1-6,9H,7-8H2,(H,19,21). The Hall–Kier alpha value is -2.05. The number of benzene rings is 2. The number of hydrogen-bond donors (Lipinski definition) is 1. The van der Waals surface area contributed by atoms with Crippen molar-refractivity contribution in [3.8, 4) is 0 Å². The van der Waals surface area contributed by atoms with Gasteiger partial charge in [0.15, 0.2) is 5.58 Å². The number of carbonyl (C=O) groups is 1. The highest BCUT2D eigenvalue weighted by atomic mass is 79.9. The number of amides is 1. The number of oxazole rings is 1. The van der Waals surface area contributed by atoms with Crippen LogP contribution in [0.4, 0.5) is 5.69 Å². The van der Waals surface area contributed by atoms with E-state index in [1.165, 1.54) is 4.57 Å². The SMILES string of the molecule is O=C(CCn1c(=O)oc2cc(Cl)ccc21)Nc1ccc(Br)cc1. The average molecular weight is 396 g/mol. The highest BCUT2D eigenvalue weighted by Crippen LogP contribution is 2.19. The Bertz CT molecular complexity index is 915. The van der Waals surface area contributed by atoms with E-state index in [1.807, 2.05) is 12.1 Å². The summed E-state index contributed by atoms with van der Waals surface area (Å²) in [6, 6.07) is 12.2. The fourth-order valence-corrected chi connectivity index (χ4v) is 2.65. The molecule has 0 atom stereocenters. The smallest absolute Gasteiger partial charge is 0.408 e. The van der Waals surface area contributed by atoms with Crippen molar-refractivity contribution >= 4 is 50.2 Å². The first-order chi connectivity index (χ1) is 11.0. The van der Waals surface area contributed by atoms with Gasteiger partial charge in [-0.2, -0.15) is 0 Å². The molecule has 1 aromatic heterocycles. The Morgan fingerprint density at radius 3 is 2.70 bits per heavy atom. The summed E-state index contributed by atoms with van der Waals surface area (Å²) in [5, 5.41) is 3.27. The quantitative estimate of drug-likeness (QED) is 0.725. The summed E-state index contributed by atoms with van der Waals surface area (Å²) >= 11 is 9.20. The summed E-state index contributed by atoms with van der Waals surface area (Å²) in [5.41, 5.74) is 1.74. The van der Waals surface area contributed by atoms with Crippen molar-refractivity contribution in [1.82, 2.24) is 4.57 Å². The van der Waals surface area contributed by atoms with Gasteiger partial charge in [-0.05, 0) is 36.4 Å². The minimum atomic E-state index is -0.501. The summed E-state index contributed by atoms with van der Waals surface area (Å²) < 4.78 is 7.49. The van der Waals surface area contributed by atoms with Crippen molar-refractivity contribution < 1.29 is 9.21 Å². The Morgan fingerprint density at radius 2 is 1.96 bits per heavy atom. The van der Waals surface area contributed by atoms with Gasteiger partial charge in [0, 0.05) is 34.2 Å². The van der Waals surface area contributed by atoms with E-state index < -0.39 is 5.76 Å². The molecule has 1 heterocycles. The largest absolute Gasteiger partial charge is 0.419 e. The van der Waals surface area contributed by atoms with Crippen LogP contribution in [0.2, 0.25) is 5.02 Å². The second-order valence-electron chi connectivity index (χ2n) is 4.94. The molecule has 0 aliphatic carbocycles. The lowest BCUT2D eigenvalue weighted by atomic mass is 10.3. The molecule has 23 heavy (non-hydrogen) atoms. The maximum atomic E-state index is 12.0. The van der Waals surface area contributed by atoms with Crippen molar-refractivity contribution in [2.24, 2.45) is 0 Å². The van der Waals surface area contributed by atoms with Crippen molar-refractivity contribution in [2.45, 2.75) is 13.0 Å². The molecule has 0 fully saturated rings. The fraction of sp³-hybridized carbons (Fsp3) is 0.125. The Morgan fingerprint density at radius 1 is 1.22 bits per heavy atom. The Balaban J connectivity index is 1.70. The van der Waals surface area contributed by atoms with Crippen LogP contribution in [0.15, 0.2) is 56.1 Å². The van der Waals surface area contributed by atoms with E-state index in [0.29, 0.717) is 21.8 Å². The highest BCUT2D eigenvalue weighted by molar-refractivity contribution is 9.10. The second-order valence-corrected chi connectivity index (χ2v) is 6.29. The summed E-state index contributed by atoms with van der Waals surface area (Å²) in [7, 11) is 0. The number of nitrogens with zero attached hydrogens (tertiary/aromatic N) is 1. The molecular weight excluding hydrogens is 384 g/mol. The Labute approximate surface area is 145 Å². The van der Waals surface area contributed by atoms with E-state index in [1.54, 1.807) is 30.3 Å². The number of anilines is 1. The lowest BCUT2D eigenvalue weighted by Crippen LogP contribution is -2.19. The topological polar surface area (TPSA) is 64.2 Å². The van der Waals surface area contributed by atoms with Crippen LogP contribution in [0.5, 0.6) is 0 Å². The zero-order valence-corrected chi connectivity index (χ0v) is 14.2. The molecule has 0 spiro atoms. The number of hydrogen-bond acceptors (Lipinski definition) is 3. The summed E-state index contributed by atoms with van der Waals surface area (Å²) in [5.74, 6) is -0.679. The molecular formula is C16H12BrClN2O3. The number of aryl methyl sites for hydroxylation is 1. The van der Waals surface area contributed by atoms with Gasteiger partial charge in [-0.25, -0.2) is 4.79 Å². The van der Waals surface area contributed by atoms with Crippen molar-refractivity contribution in [2.75, 3.05) is 5.32 Å². The molecule has 0 saturated heterocycles. The van der Waals surface area contributed by atoms with Crippen LogP contribution >= 0.6 is 27.5 Å². The highest BCUT2D eigenvalue weighted by Gasteiger charge is 2.11. The molecule has 3 rings (SSSR count). The molecule has 1 amide bonds. The monoisotopic (exact) mass is 394 g/mol. The zero-order valence-electron chi connectivity index (χ0n) is 11.9. The molecule has 7 heteroatoms. The number of nitrogens with one attached hydrogen (secondary N) is 1. The molecule has 0 unspecified atom stereocenters. The molecule has 5 nitrogen and oxygen atoms in total. The molecule has 118 valence electrons. The predicted octanol–water partition coefficient (Wildman–Crippen LogP) is 4.04. The molecule has 0 saturated carbocycles. The molecule has 0 bridgehead atoms. The number of fused-ring (bicyclic) bond motifs is 1. The van der Waals surface area contributed by atoms with Crippen LogP contribution < -0.4 is 11.1 Å². The maximum absolute atomic E-state index is 12.0. The first-order valence-electron chi connectivity index (χ1n) is 6.87. The van der Waals surface area contributed by atoms with E-state index in [0.717, 1.165) is 4.47 Å². The van der Waals surface area contributed by atoms with Crippen LogP contribution in [0, 0.1) is 0 Å². The summed E-state index contributed by atoms with van der Waals surface area (Å²) in [6.07, 6.45) is 0.160. The molecule has 3 aromatic rings. The third-order valence-corrected chi connectivity index (χ3v) is 4.08.